The average Bonchev–Trinajstić information content (AvgIpc) is 3.14. The topological polar surface area (TPSA) is 68.5 Å². The highest BCUT2D eigenvalue weighted by Crippen LogP contribution is 2.21. The molecule has 2 aliphatic rings. The highest BCUT2D eigenvalue weighted by atomic mass is 16.6. The number of nitrogens with zero attached hydrogens (tertiary/aromatic N) is 3. The Morgan fingerprint density at radius 3 is 2.86 bits per heavy atom. The highest BCUT2D eigenvalue weighted by Gasteiger charge is 2.31. The zero-order valence-electron chi connectivity index (χ0n) is 13.3. The molecule has 1 aromatic rings. The second-order valence-corrected chi connectivity index (χ2v) is 6.16. The van der Waals surface area contributed by atoms with Gasteiger partial charge in [-0.05, 0) is 26.7 Å². The van der Waals surface area contributed by atoms with Crippen molar-refractivity contribution in [1.82, 2.24) is 15.1 Å². The number of rotatable bonds is 4. The molecule has 0 spiro atoms. The molecule has 22 heavy (non-hydrogen) atoms. The number of nitrogens with one attached hydrogen (secondary N) is 1. The average molecular weight is 304 g/mol. The van der Waals surface area contributed by atoms with Gasteiger partial charge >= 0.3 is 0 Å². The van der Waals surface area contributed by atoms with Gasteiger partial charge in [-0.3, -0.25) is 9.48 Å². The Morgan fingerprint density at radius 2 is 2.18 bits per heavy atom. The maximum absolute atomic E-state index is 12.3. The minimum atomic E-state index is -0.499. The summed E-state index contributed by atoms with van der Waals surface area (Å²) in [6, 6.07) is 0.304. The summed E-state index contributed by atoms with van der Waals surface area (Å²) in [4.78, 5) is 17.7. The van der Waals surface area contributed by atoms with Crippen LogP contribution >= 0.6 is 0 Å². The van der Waals surface area contributed by atoms with Crippen LogP contribution in [0.25, 0.3) is 0 Å². The van der Waals surface area contributed by atoms with Crippen molar-refractivity contribution in [3.63, 3.8) is 0 Å². The van der Waals surface area contributed by atoms with E-state index in [1.807, 2.05) is 24.7 Å². The molecule has 1 fully saturated rings. The number of carbonyl (C=O) groups is 1. The number of oxime groups is 1. The fourth-order valence-corrected chi connectivity index (χ4v) is 3.18. The summed E-state index contributed by atoms with van der Waals surface area (Å²) >= 11 is 0. The first-order valence-corrected chi connectivity index (χ1v) is 8.25. The maximum Gasteiger partial charge on any atom is 0.264 e. The number of amides is 1. The predicted molar refractivity (Wildman–Crippen MR) is 83.7 cm³/mol. The van der Waals surface area contributed by atoms with Crippen LogP contribution in [0.1, 0.15) is 56.7 Å². The summed E-state index contributed by atoms with van der Waals surface area (Å²) in [6.07, 6.45) is 7.83. The molecule has 1 N–H and O–H groups in total. The van der Waals surface area contributed by atoms with Gasteiger partial charge in [0.05, 0.1) is 11.4 Å². The van der Waals surface area contributed by atoms with Crippen molar-refractivity contribution in [2.75, 3.05) is 0 Å². The van der Waals surface area contributed by atoms with Crippen molar-refractivity contribution in [3.8, 4) is 0 Å². The first kappa shape index (κ1) is 15.1. The molecule has 0 bridgehead atoms. The van der Waals surface area contributed by atoms with Gasteiger partial charge in [0.25, 0.3) is 5.91 Å². The van der Waals surface area contributed by atoms with E-state index in [0.29, 0.717) is 12.5 Å². The number of aryl methyl sites for hydroxylation is 2. The third kappa shape index (κ3) is 3.15. The van der Waals surface area contributed by atoms with Gasteiger partial charge in [-0.25, -0.2) is 0 Å². The molecule has 0 unspecified atom stereocenters. The maximum atomic E-state index is 12.3. The highest BCUT2D eigenvalue weighted by molar-refractivity contribution is 6.04. The molecular weight excluding hydrogens is 280 g/mol. The monoisotopic (exact) mass is 304 g/mol. The Hall–Kier alpha value is -1.85. The van der Waals surface area contributed by atoms with Crippen LogP contribution in [0.5, 0.6) is 0 Å². The Labute approximate surface area is 130 Å². The molecule has 1 aliphatic carbocycles. The largest absolute Gasteiger partial charge is 0.382 e. The minimum absolute atomic E-state index is 0.0359. The fraction of sp³-hybridized carbons (Fsp3) is 0.688. The van der Waals surface area contributed by atoms with Crippen LogP contribution in [-0.2, 0) is 16.2 Å². The molecule has 6 heteroatoms. The second kappa shape index (κ2) is 6.50. The Balaban J connectivity index is 1.58. The van der Waals surface area contributed by atoms with Gasteiger partial charge in [-0.1, -0.05) is 24.4 Å². The smallest absolute Gasteiger partial charge is 0.264 e. The Bertz CT molecular complexity index is 573. The Morgan fingerprint density at radius 1 is 1.41 bits per heavy atom. The van der Waals surface area contributed by atoms with Gasteiger partial charge in [0.15, 0.2) is 0 Å². The van der Waals surface area contributed by atoms with E-state index in [1.165, 1.54) is 19.3 Å². The first-order chi connectivity index (χ1) is 10.7. The van der Waals surface area contributed by atoms with Crippen LogP contribution in [-0.4, -0.2) is 33.5 Å². The lowest BCUT2D eigenvalue weighted by Gasteiger charge is -2.23. The zero-order chi connectivity index (χ0) is 15.5. The summed E-state index contributed by atoms with van der Waals surface area (Å²) in [5.74, 6) is -0.0359. The van der Waals surface area contributed by atoms with Gasteiger partial charge in [0.1, 0.15) is 0 Å². The van der Waals surface area contributed by atoms with Crippen molar-refractivity contribution in [1.29, 1.82) is 0 Å². The van der Waals surface area contributed by atoms with Crippen molar-refractivity contribution >= 4 is 11.6 Å². The predicted octanol–water partition coefficient (Wildman–Crippen LogP) is 2.15. The summed E-state index contributed by atoms with van der Waals surface area (Å²) in [7, 11) is 0. The summed E-state index contributed by atoms with van der Waals surface area (Å²) in [6.45, 7) is 4.82. The molecule has 6 nitrogen and oxygen atoms in total. The fourth-order valence-electron chi connectivity index (χ4n) is 3.18. The van der Waals surface area contributed by atoms with Gasteiger partial charge < -0.3 is 10.2 Å². The molecule has 0 aromatic carbocycles. The zero-order valence-corrected chi connectivity index (χ0v) is 13.3. The van der Waals surface area contributed by atoms with Gasteiger partial charge in [-0.2, -0.15) is 5.10 Å². The summed E-state index contributed by atoms with van der Waals surface area (Å²) in [5.41, 5.74) is 2.73. The Kier molecular flexibility index (Phi) is 4.45. The molecular formula is C16H24N4O2. The SMILES string of the molecule is CCn1cc(C2=NO[C@@H](C(=O)NC3CCCCC3)C2)c(C)n1. The summed E-state index contributed by atoms with van der Waals surface area (Å²) in [5, 5.41) is 11.6. The van der Waals surface area contributed by atoms with Crippen molar-refractivity contribution in [2.45, 2.75) is 71.1 Å². The summed E-state index contributed by atoms with van der Waals surface area (Å²) < 4.78 is 1.88. The molecule has 1 amide bonds. The molecule has 1 saturated carbocycles. The van der Waals surface area contributed by atoms with E-state index in [4.69, 9.17) is 4.84 Å². The van der Waals surface area contributed by atoms with E-state index in [1.54, 1.807) is 0 Å². The molecule has 2 heterocycles. The minimum Gasteiger partial charge on any atom is -0.382 e. The molecule has 0 radical (unpaired) electrons. The van der Waals surface area contributed by atoms with E-state index in [0.717, 1.165) is 36.4 Å². The lowest BCUT2D eigenvalue weighted by Crippen LogP contribution is -2.42. The van der Waals surface area contributed by atoms with Gasteiger partial charge in [0, 0.05) is 30.8 Å². The molecule has 1 aliphatic heterocycles. The third-order valence-electron chi connectivity index (χ3n) is 4.49. The lowest BCUT2D eigenvalue weighted by molar-refractivity contribution is -0.132. The third-order valence-corrected chi connectivity index (χ3v) is 4.49. The van der Waals surface area contributed by atoms with Crippen LogP contribution in [0, 0.1) is 6.92 Å². The number of hydrogen-bond donors (Lipinski definition) is 1. The van der Waals surface area contributed by atoms with Crippen molar-refractivity contribution in [2.24, 2.45) is 5.16 Å². The van der Waals surface area contributed by atoms with E-state index < -0.39 is 6.10 Å². The van der Waals surface area contributed by atoms with E-state index in [9.17, 15) is 4.79 Å². The molecule has 120 valence electrons. The molecule has 1 atom stereocenters. The lowest BCUT2D eigenvalue weighted by atomic mass is 9.95. The number of hydrogen-bond acceptors (Lipinski definition) is 4. The first-order valence-electron chi connectivity index (χ1n) is 8.25. The number of aromatic nitrogens is 2. The molecule has 1 aromatic heterocycles. The second-order valence-electron chi connectivity index (χ2n) is 6.16. The van der Waals surface area contributed by atoms with E-state index >= 15 is 0 Å². The van der Waals surface area contributed by atoms with Crippen LogP contribution in [0.15, 0.2) is 11.4 Å². The van der Waals surface area contributed by atoms with Crippen LogP contribution in [0.4, 0.5) is 0 Å². The van der Waals surface area contributed by atoms with Gasteiger partial charge in [0.2, 0.25) is 6.10 Å². The van der Waals surface area contributed by atoms with Crippen LogP contribution in [0.2, 0.25) is 0 Å². The van der Waals surface area contributed by atoms with Crippen molar-refractivity contribution in [3.05, 3.63) is 17.5 Å². The van der Waals surface area contributed by atoms with E-state index in [2.05, 4.69) is 15.6 Å². The van der Waals surface area contributed by atoms with Crippen LogP contribution < -0.4 is 5.32 Å². The molecule has 3 rings (SSSR count). The standard InChI is InChI=1S/C16H24N4O2/c1-3-20-10-13(11(2)18-20)14-9-15(22-19-14)16(21)17-12-7-5-4-6-8-12/h10,12,15H,3-9H2,1-2H3,(H,17,21)/t15-/m1/s1. The quantitative estimate of drug-likeness (QED) is 0.926. The molecule has 0 saturated heterocycles. The van der Waals surface area contributed by atoms with Crippen LogP contribution in [0.3, 0.4) is 0 Å². The normalized spacial score (nSPS) is 22.3. The van der Waals surface area contributed by atoms with Gasteiger partial charge in [-0.15, -0.1) is 0 Å². The van der Waals surface area contributed by atoms with Crippen molar-refractivity contribution < 1.29 is 9.63 Å². The number of carbonyl (C=O) groups excluding carboxylic acids is 1. The van der Waals surface area contributed by atoms with E-state index in [-0.39, 0.29) is 5.91 Å².